The predicted octanol–water partition coefficient (Wildman–Crippen LogP) is 2.33. The van der Waals surface area contributed by atoms with Crippen molar-refractivity contribution >= 4 is 0 Å². The summed E-state index contributed by atoms with van der Waals surface area (Å²) in [6, 6.07) is 0. The fraction of sp³-hybridized carbons (Fsp3) is 1.00. The average molecular weight is 175 g/mol. The Bertz CT molecular complexity index is 95.8. The Morgan fingerprint density at radius 2 is 1.83 bits per heavy atom. The van der Waals surface area contributed by atoms with Gasteiger partial charge in [0, 0.05) is 6.61 Å². The molecule has 0 aromatic heterocycles. The lowest BCUT2D eigenvalue weighted by Crippen LogP contribution is -2.23. The van der Waals surface area contributed by atoms with Gasteiger partial charge in [0.05, 0.1) is 0 Å². The highest BCUT2D eigenvalue weighted by Crippen LogP contribution is 2.06. The van der Waals surface area contributed by atoms with E-state index in [4.69, 9.17) is 9.47 Å². The summed E-state index contributed by atoms with van der Waals surface area (Å²) in [4.78, 5) is 0. The molecule has 0 aliphatic rings. The van der Waals surface area contributed by atoms with Crippen molar-refractivity contribution in [3.8, 4) is 0 Å². The molecular formula is C9H19O3. The van der Waals surface area contributed by atoms with Crippen LogP contribution in [0.1, 0.15) is 40.0 Å². The SMILES string of the molecule is CCCOC(CC)OC([O])CC. The zero-order valence-corrected chi connectivity index (χ0v) is 8.21. The van der Waals surface area contributed by atoms with Crippen LogP contribution in [-0.4, -0.2) is 19.2 Å². The van der Waals surface area contributed by atoms with Crippen LogP contribution in [0.4, 0.5) is 0 Å². The summed E-state index contributed by atoms with van der Waals surface area (Å²) in [5.74, 6) is 0. The Balaban J connectivity index is 3.51. The summed E-state index contributed by atoms with van der Waals surface area (Å²) in [6.45, 7) is 6.45. The van der Waals surface area contributed by atoms with Gasteiger partial charge in [-0.2, -0.15) is 0 Å². The van der Waals surface area contributed by atoms with Crippen molar-refractivity contribution in [3.05, 3.63) is 0 Å². The molecule has 3 nitrogen and oxygen atoms in total. The minimum atomic E-state index is -0.938. The third-order valence-electron chi connectivity index (χ3n) is 1.48. The zero-order valence-electron chi connectivity index (χ0n) is 8.21. The van der Waals surface area contributed by atoms with Gasteiger partial charge in [-0.25, -0.2) is 5.11 Å². The van der Waals surface area contributed by atoms with Crippen LogP contribution in [0.25, 0.3) is 0 Å². The van der Waals surface area contributed by atoms with Crippen LogP contribution in [0.3, 0.4) is 0 Å². The average Bonchev–Trinajstić information content (AvgIpc) is 2.11. The topological polar surface area (TPSA) is 38.4 Å². The van der Waals surface area contributed by atoms with Gasteiger partial charge in [0.15, 0.2) is 12.6 Å². The lowest BCUT2D eigenvalue weighted by Gasteiger charge is -2.18. The lowest BCUT2D eigenvalue weighted by molar-refractivity contribution is -0.248. The Kier molecular flexibility index (Phi) is 7.45. The highest BCUT2D eigenvalue weighted by Gasteiger charge is 2.11. The van der Waals surface area contributed by atoms with Crippen LogP contribution in [0.5, 0.6) is 0 Å². The molecule has 0 fully saturated rings. The van der Waals surface area contributed by atoms with Gasteiger partial charge in [0.1, 0.15) is 0 Å². The smallest absolute Gasteiger partial charge is 0.194 e. The van der Waals surface area contributed by atoms with Crippen LogP contribution >= 0.6 is 0 Å². The van der Waals surface area contributed by atoms with Crippen LogP contribution < -0.4 is 0 Å². The number of hydrogen-bond donors (Lipinski definition) is 0. The van der Waals surface area contributed by atoms with E-state index in [1.54, 1.807) is 0 Å². The first-order valence-electron chi connectivity index (χ1n) is 4.67. The monoisotopic (exact) mass is 175 g/mol. The van der Waals surface area contributed by atoms with Gasteiger partial charge in [-0.3, -0.25) is 0 Å². The van der Waals surface area contributed by atoms with Gasteiger partial charge in [0.2, 0.25) is 0 Å². The molecule has 0 saturated heterocycles. The third kappa shape index (κ3) is 5.52. The van der Waals surface area contributed by atoms with Crippen molar-refractivity contribution in [2.45, 2.75) is 52.6 Å². The predicted molar refractivity (Wildman–Crippen MR) is 46.2 cm³/mol. The summed E-state index contributed by atoms with van der Waals surface area (Å²) in [5, 5.41) is 10.9. The van der Waals surface area contributed by atoms with Gasteiger partial charge >= 0.3 is 0 Å². The maximum atomic E-state index is 10.9. The standard InChI is InChI=1S/C9H19O3/c1-4-7-11-9(6-3)12-8(10)5-2/h8-9H,4-7H2,1-3H3. The molecule has 0 aromatic rings. The molecule has 73 valence electrons. The molecule has 0 spiro atoms. The maximum Gasteiger partial charge on any atom is 0.194 e. The molecule has 0 saturated carbocycles. The quantitative estimate of drug-likeness (QED) is 0.557. The molecule has 2 atom stereocenters. The van der Waals surface area contributed by atoms with E-state index in [0.29, 0.717) is 13.0 Å². The Hall–Kier alpha value is -0.120. The normalized spacial score (nSPS) is 16.0. The molecule has 12 heavy (non-hydrogen) atoms. The Morgan fingerprint density at radius 1 is 1.17 bits per heavy atom. The largest absolute Gasteiger partial charge is 0.353 e. The first-order valence-corrected chi connectivity index (χ1v) is 4.67. The van der Waals surface area contributed by atoms with Crippen molar-refractivity contribution in [2.75, 3.05) is 6.61 Å². The van der Waals surface area contributed by atoms with Crippen LogP contribution in [0.2, 0.25) is 0 Å². The summed E-state index contributed by atoms with van der Waals surface area (Å²) < 4.78 is 10.4. The first kappa shape index (κ1) is 11.9. The molecule has 0 heterocycles. The summed E-state index contributed by atoms with van der Waals surface area (Å²) in [5.41, 5.74) is 0. The number of hydrogen-bond acceptors (Lipinski definition) is 2. The van der Waals surface area contributed by atoms with E-state index >= 15 is 0 Å². The van der Waals surface area contributed by atoms with E-state index in [2.05, 4.69) is 0 Å². The molecule has 0 rings (SSSR count). The summed E-state index contributed by atoms with van der Waals surface area (Å²) >= 11 is 0. The summed E-state index contributed by atoms with van der Waals surface area (Å²) in [7, 11) is 0. The molecular weight excluding hydrogens is 156 g/mol. The van der Waals surface area contributed by atoms with E-state index < -0.39 is 6.29 Å². The first-order chi connectivity index (χ1) is 5.74. The van der Waals surface area contributed by atoms with Gasteiger partial charge in [-0.1, -0.05) is 20.8 Å². The van der Waals surface area contributed by atoms with E-state index in [1.165, 1.54) is 0 Å². The van der Waals surface area contributed by atoms with Crippen molar-refractivity contribution in [3.63, 3.8) is 0 Å². The molecule has 0 aliphatic heterocycles. The molecule has 2 unspecified atom stereocenters. The van der Waals surface area contributed by atoms with Gasteiger partial charge < -0.3 is 9.47 Å². The van der Waals surface area contributed by atoms with Gasteiger partial charge in [-0.15, -0.1) is 0 Å². The third-order valence-corrected chi connectivity index (χ3v) is 1.48. The van der Waals surface area contributed by atoms with Crippen LogP contribution in [0, 0.1) is 0 Å². The van der Waals surface area contributed by atoms with E-state index in [1.807, 2.05) is 20.8 Å². The molecule has 0 bridgehead atoms. The second-order valence-corrected chi connectivity index (χ2v) is 2.68. The second kappa shape index (κ2) is 7.53. The lowest BCUT2D eigenvalue weighted by atomic mass is 10.4. The molecule has 0 amide bonds. The Morgan fingerprint density at radius 3 is 2.25 bits per heavy atom. The van der Waals surface area contributed by atoms with Gasteiger partial charge in [0.25, 0.3) is 0 Å². The molecule has 1 radical (unpaired) electrons. The van der Waals surface area contributed by atoms with Crippen molar-refractivity contribution < 1.29 is 14.6 Å². The molecule has 0 aromatic carbocycles. The van der Waals surface area contributed by atoms with E-state index in [9.17, 15) is 5.11 Å². The molecule has 0 N–H and O–H groups in total. The molecule has 0 aliphatic carbocycles. The zero-order chi connectivity index (χ0) is 9.40. The van der Waals surface area contributed by atoms with Crippen LogP contribution in [0.15, 0.2) is 0 Å². The minimum Gasteiger partial charge on any atom is -0.353 e. The summed E-state index contributed by atoms with van der Waals surface area (Å²) in [6.07, 6.45) is 0.930. The number of rotatable bonds is 7. The van der Waals surface area contributed by atoms with E-state index in [-0.39, 0.29) is 6.29 Å². The fourth-order valence-electron chi connectivity index (χ4n) is 0.768. The molecule has 3 heteroatoms. The van der Waals surface area contributed by atoms with Crippen molar-refractivity contribution in [1.29, 1.82) is 0 Å². The maximum absolute atomic E-state index is 10.9. The number of ether oxygens (including phenoxy) is 2. The van der Waals surface area contributed by atoms with Gasteiger partial charge in [-0.05, 0) is 19.3 Å². The van der Waals surface area contributed by atoms with Crippen LogP contribution in [-0.2, 0) is 14.6 Å². The highest BCUT2D eigenvalue weighted by molar-refractivity contribution is 4.42. The minimum absolute atomic E-state index is 0.313. The van der Waals surface area contributed by atoms with E-state index in [0.717, 1.165) is 12.8 Å². The van der Waals surface area contributed by atoms with Crippen molar-refractivity contribution in [2.24, 2.45) is 0 Å². The highest BCUT2D eigenvalue weighted by atomic mass is 16.7. The second-order valence-electron chi connectivity index (χ2n) is 2.68. The fourth-order valence-corrected chi connectivity index (χ4v) is 0.768. The Labute approximate surface area is 74.7 Å². The van der Waals surface area contributed by atoms with Crippen molar-refractivity contribution in [1.82, 2.24) is 0 Å².